The van der Waals surface area contributed by atoms with Gasteiger partial charge in [0.25, 0.3) is 0 Å². The fourth-order valence-corrected chi connectivity index (χ4v) is 2.44. The van der Waals surface area contributed by atoms with Gasteiger partial charge in [-0.25, -0.2) is 4.98 Å². The molecule has 0 fully saturated rings. The zero-order chi connectivity index (χ0) is 18.1. The van der Waals surface area contributed by atoms with Crippen LogP contribution in [0.3, 0.4) is 0 Å². The number of aromatic nitrogens is 1. The van der Waals surface area contributed by atoms with E-state index in [9.17, 15) is 0 Å². The van der Waals surface area contributed by atoms with Crippen molar-refractivity contribution in [1.82, 2.24) is 15.2 Å². The lowest BCUT2D eigenvalue weighted by atomic mass is 10.2. The van der Waals surface area contributed by atoms with Gasteiger partial charge in [-0.15, -0.1) is 24.0 Å². The van der Waals surface area contributed by atoms with Gasteiger partial charge in [-0.2, -0.15) is 0 Å². The maximum absolute atomic E-state index is 5.48. The average Bonchev–Trinajstić information content (AvgIpc) is 2.64. The third-order valence-electron chi connectivity index (χ3n) is 3.69. The number of nitrogens with zero attached hydrogens (tertiary/aromatic N) is 3. The lowest BCUT2D eigenvalue weighted by Crippen LogP contribution is -2.38. The Bertz CT molecular complexity index is 692. The smallest absolute Gasteiger partial charge is 0.213 e. The third kappa shape index (κ3) is 6.70. The Morgan fingerprint density at radius 3 is 2.54 bits per heavy atom. The van der Waals surface area contributed by atoms with Crippen LogP contribution in [0.5, 0.6) is 11.6 Å². The van der Waals surface area contributed by atoms with E-state index in [2.05, 4.69) is 32.3 Å². The van der Waals surface area contributed by atoms with E-state index in [1.165, 1.54) is 5.56 Å². The molecule has 0 amide bonds. The SMILES string of the molecule is CCOc1ccc(CN(C)C(=NC)NCc2ccnc(OC)c2)cc1.I. The Kier molecular flexibility index (Phi) is 9.79. The number of nitrogens with one attached hydrogen (secondary N) is 1. The van der Waals surface area contributed by atoms with Gasteiger partial charge in [0.2, 0.25) is 5.88 Å². The van der Waals surface area contributed by atoms with Crippen LogP contribution in [0, 0.1) is 0 Å². The van der Waals surface area contributed by atoms with E-state index in [1.54, 1.807) is 20.4 Å². The number of methoxy groups -OCH3 is 1. The predicted octanol–water partition coefficient (Wildman–Crippen LogP) is 3.31. The normalized spacial score (nSPS) is 10.7. The summed E-state index contributed by atoms with van der Waals surface area (Å²) in [5.74, 6) is 2.32. The molecule has 142 valence electrons. The molecule has 0 saturated heterocycles. The van der Waals surface area contributed by atoms with Crippen LogP contribution in [-0.2, 0) is 13.1 Å². The van der Waals surface area contributed by atoms with Gasteiger partial charge in [-0.1, -0.05) is 12.1 Å². The first-order valence-electron chi connectivity index (χ1n) is 8.28. The summed E-state index contributed by atoms with van der Waals surface area (Å²) >= 11 is 0. The van der Waals surface area contributed by atoms with Crippen molar-refractivity contribution >= 4 is 29.9 Å². The standard InChI is InChI=1S/C19H26N4O2.HI/c1-5-25-17-8-6-15(7-9-17)14-23(3)19(20-2)22-13-16-10-11-21-18(12-16)24-4;/h6-12H,5,13-14H2,1-4H3,(H,20,22);1H. The molecular weight excluding hydrogens is 443 g/mol. The zero-order valence-electron chi connectivity index (χ0n) is 15.7. The molecule has 0 aliphatic rings. The fourth-order valence-electron chi connectivity index (χ4n) is 2.44. The minimum absolute atomic E-state index is 0. The highest BCUT2D eigenvalue weighted by molar-refractivity contribution is 14.0. The number of guanidine groups is 1. The van der Waals surface area contributed by atoms with Crippen molar-refractivity contribution in [1.29, 1.82) is 0 Å². The zero-order valence-corrected chi connectivity index (χ0v) is 18.1. The van der Waals surface area contributed by atoms with Crippen LogP contribution in [0.4, 0.5) is 0 Å². The van der Waals surface area contributed by atoms with Crippen LogP contribution in [0.2, 0.25) is 0 Å². The summed E-state index contributed by atoms with van der Waals surface area (Å²) in [6, 6.07) is 12.0. The molecule has 6 nitrogen and oxygen atoms in total. The van der Waals surface area contributed by atoms with Gasteiger partial charge >= 0.3 is 0 Å². The Morgan fingerprint density at radius 2 is 1.92 bits per heavy atom. The molecule has 1 N–H and O–H groups in total. The summed E-state index contributed by atoms with van der Waals surface area (Å²) in [4.78, 5) is 10.5. The van der Waals surface area contributed by atoms with E-state index < -0.39 is 0 Å². The molecular formula is C19H27IN4O2. The van der Waals surface area contributed by atoms with Gasteiger partial charge < -0.3 is 19.7 Å². The van der Waals surface area contributed by atoms with Gasteiger partial charge in [-0.05, 0) is 36.2 Å². The topological polar surface area (TPSA) is 59.0 Å². The summed E-state index contributed by atoms with van der Waals surface area (Å²) in [5.41, 5.74) is 2.28. The van der Waals surface area contributed by atoms with E-state index in [-0.39, 0.29) is 24.0 Å². The van der Waals surface area contributed by atoms with Crippen LogP contribution in [0.1, 0.15) is 18.1 Å². The number of pyridine rings is 1. The van der Waals surface area contributed by atoms with E-state index in [1.807, 2.05) is 38.2 Å². The molecule has 0 saturated carbocycles. The Morgan fingerprint density at radius 1 is 1.19 bits per heavy atom. The van der Waals surface area contributed by atoms with Crippen molar-refractivity contribution in [3.63, 3.8) is 0 Å². The molecule has 1 aromatic heterocycles. The second kappa shape index (κ2) is 11.6. The van der Waals surface area contributed by atoms with E-state index in [0.29, 0.717) is 19.0 Å². The van der Waals surface area contributed by atoms with Gasteiger partial charge in [0.1, 0.15) is 5.75 Å². The molecule has 0 radical (unpaired) electrons. The minimum Gasteiger partial charge on any atom is -0.494 e. The molecule has 0 atom stereocenters. The first-order valence-corrected chi connectivity index (χ1v) is 8.28. The van der Waals surface area contributed by atoms with Gasteiger partial charge in [0.15, 0.2) is 5.96 Å². The van der Waals surface area contributed by atoms with Crippen molar-refractivity contribution in [3.8, 4) is 11.6 Å². The molecule has 26 heavy (non-hydrogen) atoms. The number of aliphatic imine (C=N–C) groups is 1. The van der Waals surface area contributed by atoms with E-state index in [4.69, 9.17) is 9.47 Å². The van der Waals surface area contributed by atoms with Crippen molar-refractivity contribution < 1.29 is 9.47 Å². The molecule has 0 bridgehead atoms. The van der Waals surface area contributed by atoms with E-state index in [0.717, 1.165) is 23.8 Å². The Balaban J connectivity index is 0.00000338. The van der Waals surface area contributed by atoms with Crippen LogP contribution >= 0.6 is 24.0 Å². The molecule has 7 heteroatoms. The lowest BCUT2D eigenvalue weighted by Gasteiger charge is -2.22. The summed E-state index contributed by atoms with van der Waals surface area (Å²) < 4.78 is 10.6. The van der Waals surface area contributed by atoms with Crippen molar-refractivity contribution in [2.45, 2.75) is 20.0 Å². The molecule has 2 rings (SSSR count). The van der Waals surface area contributed by atoms with Gasteiger partial charge in [-0.3, -0.25) is 4.99 Å². The molecule has 0 unspecified atom stereocenters. The number of hydrogen-bond donors (Lipinski definition) is 1. The fraction of sp³-hybridized carbons (Fsp3) is 0.368. The summed E-state index contributed by atoms with van der Waals surface area (Å²) in [7, 11) is 5.41. The first kappa shape index (κ1) is 22.0. The number of ether oxygens (including phenoxy) is 2. The summed E-state index contributed by atoms with van der Waals surface area (Å²) in [6.07, 6.45) is 1.74. The molecule has 0 aliphatic carbocycles. The van der Waals surface area contributed by atoms with Crippen LogP contribution in [0.15, 0.2) is 47.6 Å². The second-order valence-corrected chi connectivity index (χ2v) is 5.54. The maximum atomic E-state index is 5.48. The van der Waals surface area contributed by atoms with Crippen molar-refractivity contribution in [3.05, 3.63) is 53.7 Å². The quantitative estimate of drug-likeness (QED) is 0.382. The number of halogens is 1. The monoisotopic (exact) mass is 470 g/mol. The van der Waals surface area contributed by atoms with Crippen molar-refractivity contribution in [2.75, 3.05) is 27.8 Å². The Hall–Kier alpha value is -2.03. The van der Waals surface area contributed by atoms with Crippen molar-refractivity contribution in [2.24, 2.45) is 4.99 Å². The molecule has 1 aromatic carbocycles. The lowest BCUT2D eigenvalue weighted by molar-refractivity contribution is 0.340. The highest BCUT2D eigenvalue weighted by Gasteiger charge is 2.07. The van der Waals surface area contributed by atoms with Crippen LogP contribution < -0.4 is 14.8 Å². The number of benzene rings is 1. The molecule has 2 aromatic rings. The summed E-state index contributed by atoms with van der Waals surface area (Å²) in [5, 5.41) is 3.36. The molecule has 1 heterocycles. The average molecular weight is 470 g/mol. The second-order valence-electron chi connectivity index (χ2n) is 5.54. The maximum Gasteiger partial charge on any atom is 0.213 e. The third-order valence-corrected chi connectivity index (χ3v) is 3.69. The number of rotatable bonds is 7. The summed E-state index contributed by atoms with van der Waals surface area (Å²) in [6.45, 7) is 4.07. The number of hydrogen-bond acceptors (Lipinski definition) is 4. The Labute approximate surface area is 172 Å². The first-order chi connectivity index (χ1) is 12.2. The highest BCUT2D eigenvalue weighted by atomic mass is 127. The highest BCUT2D eigenvalue weighted by Crippen LogP contribution is 2.13. The predicted molar refractivity (Wildman–Crippen MR) is 115 cm³/mol. The van der Waals surface area contributed by atoms with Gasteiger partial charge in [0.05, 0.1) is 13.7 Å². The molecule has 0 spiro atoms. The van der Waals surface area contributed by atoms with Crippen LogP contribution in [0.25, 0.3) is 0 Å². The van der Waals surface area contributed by atoms with E-state index >= 15 is 0 Å². The largest absolute Gasteiger partial charge is 0.494 e. The van der Waals surface area contributed by atoms with Crippen LogP contribution in [-0.4, -0.2) is 43.7 Å². The molecule has 0 aliphatic heterocycles. The minimum atomic E-state index is 0. The van der Waals surface area contributed by atoms with Gasteiger partial charge in [0, 0.05) is 39.4 Å².